The van der Waals surface area contributed by atoms with Crippen molar-refractivity contribution < 1.29 is 9.47 Å². The highest BCUT2D eigenvalue weighted by Crippen LogP contribution is 2.50. The van der Waals surface area contributed by atoms with Crippen LogP contribution in [0.15, 0.2) is 133 Å². The van der Waals surface area contributed by atoms with Crippen molar-refractivity contribution in [2.75, 3.05) is 14.2 Å². The molecule has 0 bridgehead atoms. The molecule has 0 saturated heterocycles. The topological polar surface area (TPSA) is 18.5 Å². The number of hydrogen-bond acceptors (Lipinski definition) is 10. The maximum atomic E-state index is 6.04. The molecule has 0 aliphatic rings. The number of methoxy groups -OCH3 is 2. The second kappa shape index (κ2) is 29.5. The van der Waals surface area contributed by atoms with E-state index in [-0.39, 0.29) is 12.2 Å². The third kappa shape index (κ3) is 14.6. The van der Waals surface area contributed by atoms with E-state index in [0.29, 0.717) is 0 Å². The maximum absolute atomic E-state index is 6.04. The highest BCUT2D eigenvalue weighted by atomic mass is 32.1. The zero-order valence-corrected chi connectivity index (χ0v) is 54.2. The van der Waals surface area contributed by atoms with E-state index in [9.17, 15) is 0 Å². The monoisotopic (exact) mass is 1210 g/mol. The smallest absolute Gasteiger partial charge is 0.0913 e. The first-order valence-corrected chi connectivity index (χ1v) is 36.0. The van der Waals surface area contributed by atoms with Gasteiger partial charge in [-0.1, -0.05) is 129 Å². The van der Waals surface area contributed by atoms with Crippen molar-refractivity contribution in [2.45, 2.75) is 155 Å². The molecule has 0 N–H and O–H groups in total. The van der Waals surface area contributed by atoms with Crippen molar-refractivity contribution in [3.05, 3.63) is 153 Å². The summed E-state index contributed by atoms with van der Waals surface area (Å²) in [5, 5.41) is 0. The van der Waals surface area contributed by atoms with E-state index in [1.165, 1.54) is 214 Å². The molecule has 80 heavy (non-hydrogen) atoms. The van der Waals surface area contributed by atoms with Gasteiger partial charge < -0.3 is 9.47 Å². The number of benzene rings is 2. The number of hydrogen-bond donors (Lipinski definition) is 0. The Morgan fingerprint density at radius 1 is 0.287 bits per heavy atom. The normalized spacial score (nSPS) is 12.5. The molecular weight excluding hydrogens is 1130 g/mol. The van der Waals surface area contributed by atoms with Crippen LogP contribution < -0.4 is 0 Å². The number of rotatable bonds is 31. The number of aryl methyl sites for hydroxylation is 2. The Morgan fingerprint density at radius 2 is 0.613 bits per heavy atom. The molecule has 0 fully saturated rings. The standard InChI is InChI=1S/C70H78O2S8/c1-7-11-15-19-21-49-27-31-63(73-49)65-41-35-59(77-65)51-29-25-47(57-33-39-67(75-57)69-43-37-61(79-69)55(71-5)23-17-13-9-3)45-53(51)54-46-48(58-34-40-68(76-58)70-44-38-62(80-70)56(72-6)24-18-14-10-4)26-30-52(54)60-36-42-66(78-60)64-32-28-50(74-64)22-20-16-12-8-2/h25-46,55-56H,7-24H2,1-6H3. The van der Waals surface area contributed by atoms with Crippen LogP contribution in [0.25, 0.3) is 91.9 Å². The molecular formula is C70H78O2S8. The van der Waals surface area contributed by atoms with E-state index in [2.05, 4.69) is 161 Å². The molecule has 8 heterocycles. The van der Waals surface area contributed by atoms with E-state index >= 15 is 0 Å². The third-order valence-electron chi connectivity index (χ3n) is 15.3. The van der Waals surface area contributed by atoms with Crippen LogP contribution in [0.5, 0.6) is 0 Å². The quantitative estimate of drug-likeness (QED) is 0.0403. The maximum Gasteiger partial charge on any atom is 0.0913 e. The first kappa shape index (κ1) is 59.1. The van der Waals surface area contributed by atoms with Gasteiger partial charge in [-0.25, -0.2) is 0 Å². The van der Waals surface area contributed by atoms with Crippen molar-refractivity contribution in [3.63, 3.8) is 0 Å². The summed E-state index contributed by atoms with van der Waals surface area (Å²) >= 11 is 15.4. The molecule has 0 amide bonds. The van der Waals surface area contributed by atoms with Gasteiger partial charge in [0.1, 0.15) is 0 Å². The van der Waals surface area contributed by atoms with Gasteiger partial charge in [0, 0.05) is 92.3 Å². The Hall–Kier alpha value is -4.04. The van der Waals surface area contributed by atoms with Crippen molar-refractivity contribution in [2.24, 2.45) is 0 Å². The lowest BCUT2D eigenvalue weighted by molar-refractivity contribution is 0.0960. The van der Waals surface area contributed by atoms with Gasteiger partial charge in [0.15, 0.2) is 0 Å². The van der Waals surface area contributed by atoms with Gasteiger partial charge in [-0.05, 0) is 181 Å². The molecule has 2 aromatic carbocycles. The van der Waals surface area contributed by atoms with Crippen LogP contribution in [0.1, 0.15) is 162 Å². The summed E-state index contributed by atoms with van der Waals surface area (Å²) in [5.74, 6) is 0. The number of ether oxygens (including phenoxy) is 2. The van der Waals surface area contributed by atoms with Gasteiger partial charge in [-0.15, -0.1) is 90.7 Å². The molecule has 10 aromatic rings. The Bertz CT molecular complexity index is 3260. The molecule has 418 valence electrons. The van der Waals surface area contributed by atoms with E-state index in [1.807, 2.05) is 105 Å². The third-order valence-corrected chi connectivity index (χ3v) is 25.2. The molecule has 0 radical (unpaired) electrons. The molecule has 8 aromatic heterocycles. The Kier molecular flexibility index (Phi) is 21.8. The SMILES string of the molecule is CCCCCCc1ccc(-c2ccc(-c3ccc(-c4ccc(-c5ccc(C(CCCCC)OC)s5)s4)cc3-c3cc(-c4ccc(-c5ccc(C(CCCCC)OC)s5)s4)ccc3-c3ccc(-c4ccc(CCCCCC)s4)s3)s2)s1. The number of unbranched alkanes of at least 4 members (excludes halogenated alkanes) is 10. The fourth-order valence-electron chi connectivity index (χ4n) is 10.7. The second-order valence-corrected chi connectivity index (χ2v) is 30.1. The summed E-state index contributed by atoms with van der Waals surface area (Å²) in [6.07, 6.45) is 22.4. The zero-order chi connectivity index (χ0) is 55.2. The minimum atomic E-state index is 0.149. The minimum absolute atomic E-state index is 0.149. The lowest BCUT2D eigenvalue weighted by atomic mass is 9.90. The predicted molar refractivity (Wildman–Crippen MR) is 362 cm³/mol. The van der Waals surface area contributed by atoms with Crippen LogP contribution in [-0.2, 0) is 22.3 Å². The molecule has 10 rings (SSSR count). The molecule has 2 nitrogen and oxygen atoms in total. The molecule has 10 heteroatoms. The number of thiophene rings is 8. The van der Waals surface area contributed by atoms with Crippen molar-refractivity contribution in [1.29, 1.82) is 0 Å². The molecule has 0 spiro atoms. The lowest BCUT2D eigenvalue weighted by Crippen LogP contribution is -1.98. The summed E-state index contributed by atoms with van der Waals surface area (Å²) in [6, 6.07) is 52.2. The Balaban J connectivity index is 1.06. The van der Waals surface area contributed by atoms with Crippen LogP contribution in [-0.4, -0.2) is 14.2 Å². The fraction of sp³-hybridized carbons (Fsp3) is 0.371. The molecule has 2 atom stereocenters. The summed E-state index contributed by atoms with van der Waals surface area (Å²) in [4.78, 5) is 21.5. The average Bonchev–Trinajstić information content (AvgIpc) is 4.49. The van der Waals surface area contributed by atoms with Crippen LogP contribution in [0.4, 0.5) is 0 Å². The average molecular weight is 1210 g/mol. The van der Waals surface area contributed by atoms with Gasteiger partial charge >= 0.3 is 0 Å². The van der Waals surface area contributed by atoms with E-state index < -0.39 is 0 Å². The van der Waals surface area contributed by atoms with Crippen LogP contribution in [0, 0.1) is 0 Å². The lowest BCUT2D eigenvalue weighted by Gasteiger charge is -2.16. The van der Waals surface area contributed by atoms with Crippen molar-refractivity contribution in [1.82, 2.24) is 0 Å². The van der Waals surface area contributed by atoms with Crippen molar-refractivity contribution >= 4 is 90.7 Å². The fourth-order valence-corrected chi connectivity index (χ4v) is 19.5. The van der Waals surface area contributed by atoms with Crippen LogP contribution in [0.3, 0.4) is 0 Å². The van der Waals surface area contributed by atoms with E-state index in [1.54, 1.807) is 0 Å². The first-order chi connectivity index (χ1) is 39.4. The van der Waals surface area contributed by atoms with Gasteiger partial charge in [0.2, 0.25) is 0 Å². The Morgan fingerprint density at radius 3 is 1.01 bits per heavy atom. The predicted octanol–water partition coefficient (Wildman–Crippen LogP) is 26.0. The summed E-state index contributed by atoms with van der Waals surface area (Å²) < 4.78 is 12.1. The minimum Gasteiger partial charge on any atom is -0.376 e. The van der Waals surface area contributed by atoms with Crippen molar-refractivity contribution in [3.8, 4) is 91.9 Å². The zero-order valence-electron chi connectivity index (χ0n) is 47.7. The molecule has 0 aliphatic carbocycles. The summed E-state index contributed by atoms with van der Waals surface area (Å²) in [7, 11) is 3.73. The largest absolute Gasteiger partial charge is 0.376 e. The van der Waals surface area contributed by atoms with E-state index in [4.69, 9.17) is 9.47 Å². The van der Waals surface area contributed by atoms with Crippen LogP contribution >= 0.6 is 90.7 Å². The summed E-state index contributed by atoms with van der Waals surface area (Å²) in [6.45, 7) is 9.13. The van der Waals surface area contributed by atoms with Gasteiger partial charge in [-0.2, -0.15) is 0 Å². The van der Waals surface area contributed by atoms with Gasteiger partial charge in [-0.3, -0.25) is 0 Å². The van der Waals surface area contributed by atoms with Gasteiger partial charge in [0.25, 0.3) is 0 Å². The highest BCUT2D eigenvalue weighted by molar-refractivity contribution is 7.25. The molecule has 0 aliphatic heterocycles. The second-order valence-electron chi connectivity index (χ2n) is 21.2. The highest BCUT2D eigenvalue weighted by Gasteiger charge is 2.22. The first-order valence-electron chi connectivity index (χ1n) is 29.5. The summed E-state index contributed by atoms with van der Waals surface area (Å²) in [5.41, 5.74) is 7.59. The van der Waals surface area contributed by atoms with Gasteiger partial charge in [0.05, 0.1) is 12.2 Å². The Labute approximate surface area is 510 Å². The van der Waals surface area contributed by atoms with Crippen LogP contribution in [0.2, 0.25) is 0 Å². The molecule has 0 saturated carbocycles. The molecule has 2 unspecified atom stereocenters. The van der Waals surface area contributed by atoms with E-state index in [0.717, 1.165) is 12.8 Å².